The molecule has 20 atom stereocenters. The Morgan fingerprint density at radius 2 is 0.868 bits per heavy atom. The van der Waals surface area contributed by atoms with E-state index >= 15 is 0 Å². The van der Waals surface area contributed by atoms with Crippen molar-refractivity contribution in [3.05, 3.63) is 0 Å². The highest BCUT2D eigenvalue weighted by Gasteiger charge is 2.56. The minimum atomic E-state index is -4.53. The molecule has 0 spiro atoms. The van der Waals surface area contributed by atoms with E-state index in [0.29, 0.717) is 12.5 Å². The Balaban J connectivity index is 1.54. The quantitative estimate of drug-likeness (QED) is 0.0724. The predicted octanol–water partition coefficient (Wildman–Crippen LogP) is -9.78. The van der Waals surface area contributed by atoms with Crippen molar-refractivity contribution in [2.24, 2.45) is 0 Å². The van der Waals surface area contributed by atoms with Crippen molar-refractivity contribution in [3.8, 4) is 0 Å². The fraction of sp³-hybridized carbons (Fsp3) is 1.00. The van der Waals surface area contributed by atoms with Gasteiger partial charge in [-0.3, -0.25) is 8.37 Å². The van der Waals surface area contributed by atoms with Gasteiger partial charge in [-0.15, -0.1) is 0 Å². The second kappa shape index (κ2) is 18.1. The number of aliphatic hydroxyl groups is 12. The number of hydrogen-bond donors (Lipinski definition) is 12. The molecular formula is C26H46O25S2. The van der Waals surface area contributed by atoms with Crippen molar-refractivity contribution < 1.29 is 120 Å². The largest absolute Gasteiger partial charge is 0.394 e. The minimum absolute atomic E-state index is 0.558. The van der Waals surface area contributed by atoms with Crippen LogP contribution >= 0.6 is 0 Å². The maximum Gasteiger partial charge on any atom is 0.264 e. The Labute approximate surface area is 301 Å². The van der Waals surface area contributed by atoms with Gasteiger partial charge in [0.25, 0.3) is 20.2 Å². The fourth-order valence-electron chi connectivity index (χ4n) is 6.01. The van der Waals surface area contributed by atoms with Gasteiger partial charge in [0.2, 0.25) is 0 Å². The lowest BCUT2D eigenvalue weighted by Crippen LogP contribution is -2.68. The van der Waals surface area contributed by atoms with E-state index < -0.39 is 169 Å². The fourth-order valence-corrected chi connectivity index (χ4v) is 7.00. The van der Waals surface area contributed by atoms with Gasteiger partial charge in [0.15, 0.2) is 31.3 Å². The number of hydrogen-bond acceptors (Lipinski definition) is 25. The van der Waals surface area contributed by atoms with Gasteiger partial charge in [-0.25, -0.2) is 0 Å². The van der Waals surface area contributed by atoms with E-state index in [4.69, 9.17) is 37.3 Å². The molecule has 25 nitrogen and oxygen atoms in total. The van der Waals surface area contributed by atoms with Gasteiger partial charge in [0, 0.05) is 0 Å². The first-order valence-corrected chi connectivity index (χ1v) is 19.5. The van der Waals surface area contributed by atoms with Crippen LogP contribution in [0.5, 0.6) is 0 Å². The van der Waals surface area contributed by atoms with Gasteiger partial charge >= 0.3 is 0 Å². The van der Waals surface area contributed by atoms with E-state index in [-0.39, 0.29) is 0 Å². The third-order valence-corrected chi connectivity index (χ3v) is 9.87. The molecule has 0 aromatic carbocycles. The normalized spacial score (nSPS) is 47.4. The SMILES string of the molecule is CS(=O)(=O)OC[C@H]1O[C@H](O[C@H]2[C@H](O)[C@@H](OS(C)(=O)=O)[C@@H](O[C@H]3[C@H](O)[C@@H](O)[C@@H](O[C@H]4[C@H](O)[C@@H](O)[C@@H](O)O[C@@H]4CO)O[C@@H]3CO)O[C@@H]2CO)[C@H](O)[C@@H](O)[C@@H]1O. The second-order valence-corrected chi connectivity index (χ2v) is 16.0. The summed E-state index contributed by atoms with van der Waals surface area (Å²) in [7, 11) is -8.61. The van der Waals surface area contributed by atoms with Crippen molar-refractivity contribution in [1.29, 1.82) is 0 Å². The molecule has 0 saturated carbocycles. The summed E-state index contributed by atoms with van der Waals surface area (Å²) in [5.74, 6) is 0. The van der Waals surface area contributed by atoms with Crippen molar-refractivity contribution in [1.82, 2.24) is 0 Å². The summed E-state index contributed by atoms with van der Waals surface area (Å²) in [5.41, 5.74) is 0. The zero-order valence-corrected chi connectivity index (χ0v) is 29.5. The van der Waals surface area contributed by atoms with E-state index in [1.165, 1.54) is 0 Å². The first-order valence-electron chi connectivity index (χ1n) is 15.9. The van der Waals surface area contributed by atoms with Crippen LogP contribution in [-0.4, -0.2) is 240 Å². The van der Waals surface area contributed by atoms with Crippen LogP contribution in [0.25, 0.3) is 0 Å². The summed E-state index contributed by atoms with van der Waals surface area (Å²) >= 11 is 0. The summed E-state index contributed by atoms with van der Waals surface area (Å²) < 4.78 is 95.2. The number of ether oxygens (including phenoxy) is 7. The van der Waals surface area contributed by atoms with E-state index in [9.17, 15) is 78.1 Å². The Morgan fingerprint density at radius 1 is 0.453 bits per heavy atom. The molecule has 0 amide bonds. The first-order chi connectivity index (χ1) is 24.6. The molecule has 4 rings (SSSR count). The molecule has 0 bridgehead atoms. The summed E-state index contributed by atoms with van der Waals surface area (Å²) in [6.45, 7) is -3.80. The smallest absolute Gasteiger partial charge is 0.264 e. The maximum absolute atomic E-state index is 12.3. The molecule has 4 saturated heterocycles. The summed E-state index contributed by atoms with van der Waals surface area (Å²) in [4.78, 5) is 0. The number of aliphatic hydroxyl groups excluding tert-OH is 12. The first kappa shape index (κ1) is 44.8. The highest BCUT2D eigenvalue weighted by molar-refractivity contribution is 7.86. The van der Waals surface area contributed by atoms with E-state index in [1.807, 2.05) is 0 Å². The van der Waals surface area contributed by atoms with Crippen LogP contribution < -0.4 is 0 Å². The van der Waals surface area contributed by atoms with Gasteiger partial charge in [0.05, 0.1) is 38.9 Å². The van der Waals surface area contributed by atoms with Crippen LogP contribution in [0.2, 0.25) is 0 Å². The van der Waals surface area contributed by atoms with Crippen LogP contribution in [0.3, 0.4) is 0 Å². The van der Waals surface area contributed by atoms with Crippen LogP contribution in [0.4, 0.5) is 0 Å². The molecule has 0 radical (unpaired) electrons. The molecule has 4 fully saturated rings. The van der Waals surface area contributed by atoms with Gasteiger partial charge < -0.3 is 94.4 Å². The molecule has 53 heavy (non-hydrogen) atoms. The van der Waals surface area contributed by atoms with Gasteiger partial charge in [-0.05, 0) is 0 Å². The third-order valence-electron chi connectivity index (χ3n) is 8.73. The Morgan fingerprint density at radius 3 is 1.36 bits per heavy atom. The van der Waals surface area contributed by atoms with Crippen molar-refractivity contribution in [2.45, 2.75) is 123 Å². The highest BCUT2D eigenvalue weighted by Crippen LogP contribution is 2.35. The summed E-state index contributed by atoms with van der Waals surface area (Å²) in [6.07, 6.45) is -37.3. The average molecular weight is 823 g/mol. The van der Waals surface area contributed by atoms with Gasteiger partial charge in [0.1, 0.15) is 91.6 Å². The lowest BCUT2D eigenvalue weighted by Gasteiger charge is -2.49. The van der Waals surface area contributed by atoms with Crippen LogP contribution in [0.1, 0.15) is 0 Å². The molecule has 0 aliphatic carbocycles. The van der Waals surface area contributed by atoms with Crippen molar-refractivity contribution in [3.63, 3.8) is 0 Å². The van der Waals surface area contributed by atoms with Crippen LogP contribution in [-0.2, 0) is 61.8 Å². The van der Waals surface area contributed by atoms with Crippen LogP contribution in [0, 0.1) is 0 Å². The Kier molecular flexibility index (Phi) is 15.3. The molecule has 0 unspecified atom stereocenters. The lowest BCUT2D eigenvalue weighted by atomic mass is 9.95. The van der Waals surface area contributed by atoms with Crippen LogP contribution in [0.15, 0.2) is 0 Å². The zero-order valence-electron chi connectivity index (χ0n) is 27.9. The van der Waals surface area contributed by atoms with E-state index in [2.05, 4.69) is 4.18 Å². The molecule has 27 heteroatoms. The minimum Gasteiger partial charge on any atom is -0.394 e. The topological polar surface area (TPSA) is 394 Å². The molecule has 12 N–H and O–H groups in total. The third kappa shape index (κ3) is 10.5. The maximum atomic E-state index is 12.3. The molecule has 0 aromatic heterocycles. The van der Waals surface area contributed by atoms with Gasteiger partial charge in [-0.2, -0.15) is 16.8 Å². The molecule has 4 heterocycles. The molecule has 4 aliphatic heterocycles. The lowest BCUT2D eigenvalue weighted by molar-refractivity contribution is -0.385. The summed E-state index contributed by atoms with van der Waals surface area (Å²) in [6, 6.07) is 0. The zero-order chi connectivity index (χ0) is 39.7. The van der Waals surface area contributed by atoms with E-state index in [0.717, 1.165) is 0 Å². The van der Waals surface area contributed by atoms with E-state index in [1.54, 1.807) is 0 Å². The molecular weight excluding hydrogens is 776 g/mol. The number of rotatable bonds is 14. The predicted molar refractivity (Wildman–Crippen MR) is 161 cm³/mol. The van der Waals surface area contributed by atoms with Gasteiger partial charge in [-0.1, -0.05) is 0 Å². The Bertz CT molecular complexity index is 1380. The highest BCUT2D eigenvalue weighted by atomic mass is 32.2. The molecule has 0 aromatic rings. The second-order valence-electron chi connectivity index (χ2n) is 12.7. The van der Waals surface area contributed by atoms with Crippen molar-refractivity contribution >= 4 is 20.2 Å². The average Bonchev–Trinajstić information content (AvgIpc) is 3.08. The standard InChI is InChI=1S/C26H46O25S2/c1-52(39,40)43-6-10-11(30)12(31)16(35)24(47-10)49-21-9(5-29)46-26(22(18(21)37)51-53(2,41)42)50-20-8(4-28)45-25(17(36)14(20)33)48-19-7(3-27)44-23(38)15(34)13(19)32/h7-38H,3-6H2,1-2H3/t7-,8-,9-,10-,11-,12+,13-,14-,15-,16-,17-,18+,19-,20-,21-,22-,23+,24-,25-,26-/m1/s1. The molecule has 4 aliphatic rings. The molecule has 312 valence electrons. The summed E-state index contributed by atoms with van der Waals surface area (Å²) in [5, 5.41) is 124. The Hall–Kier alpha value is -0.940. The monoisotopic (exact) mass is 822 g/mol. The van der Waals surface area contributed by atoms with Crippen molar-refractivity contribution in [2.75, 3.05) is 38.9 Å².